The maximum absolute atomic E-state index is 7.44. The molecule has 2 aliphatic rings. The number of aromatic nitrogens is 2. The van der Waals surface area contributed by atoms with E-state index in [0.717, 1.165) is 34.8 Å². The maximum Gasteiger partial charge on any atom is 0.217 e. The van der Waals surface area contributed by atoms with Gasteiger partial charge in [-0.2, -0.15) is 0 Å². The second-order valence-corrected chi connectivity index (χ2v) is 19.7. The van der Waals surface area contributed by atoms with Gasteiger partial charge in [-0.05, 0) is 133 Å². The molecule has 0 bridgehead atoms. The van der Waals surface area contributed by atoms with Crippen LogP contribution in [0.15, 0.2) is 84.0 Å². The van der Waals surface area contributed by atoms with E-state index in [9.17, 15) is 0 Å². The predicted octanol–water partition coefficient (Wildman–Crippen LogP) is 12.7. The minimum Gasteiger partial charge on any atom is -0.463 e. The Morgan fingerprint density at radius 1 is 0.667 bits per heavy atom. The van der Waals surface area contributed by atoms with Crippen LogP contribution >= 0.6 is 0 Å². The van der Waals surface area contributed by atoms with Crippen LogP contribution in [-0.2, 0) is 27.6 Å². The average molecular weight is 716 g/mol. The van der Waals surface area contributed by atoms with Crippen LogP contribution in [0.25, 0.3) is 38.8 Å². The molecule has 0 spiro atoms. The Kier molecular flexibility index (Phi) is 7.83. The first-order valence-electron chi connectivity index (χ1n) is 19.7. The number of ether oxygens (including phenoxy) is 1. The molecule has 4 heteroatoms. The molecule has 0 unspecified atom stereocenters. The molecule has 0 fully saturated rings. The first-order chi connectivity index (χ1) is 25.1. The zero-order chi connectivity index (χ0) is 38.9. The number of pyridine rings is 1. The van der Waals surface area contributed by atoms with E-state index in [1.807, 2.05) is 6.20 Å². The van der Waals surface area contributed by atoms with Gasteiger partial charge in [-0.15, -0.1) is 0 Å². The molecular formula is C50H57N3O. The molecule has 278 valence electrons. The van der Waals surface area contributed by atoms with Crippen molar-refractivity contribution in [1.82, 2.24) is 9.55 Å². The van der Waals surface area contributed by atoms with Gasteiger partial charge < -0.3 is 9.30 Å². The first-order valence-corrected chi connectivity index (χ1v) is 19.7. The largest absolute Gasteiger partial charge is 0.463 e. The molecular weight excluding hydrogens is 659 g/mol. The SMILES string of the molecule is Cc1ccc2c(c1)c1cc(C)c(-c3cc(C(C)(C)C)ccn3)cc1n2-c1cc(C2=N[C@]3(C)Cc4cc(C)c(C)cc4[C@]3(C(C)(C)C)O2)cc(C(C)(C)C)c1. The lowest BCUT2D eigenvalue weighted by molar-refractivity contribution is -0.0724. The van der Waals surface area contributed by atoms with Crippen molar-refractivity contribution in [3.63, 3.8) is 0 Å². The van der Waals surface area contributed by atoms with Crippen molar-refractivity contribution in [3.8, 4) is 16.9 Å². The highest BCUT2D eigenvalue weighted by atomic mass is 16.5. The van der Waals surface area contributed by atoms with Gasteiger partial charge >= 0.3 is 0 Å². The Balaban J connectivity index is 1.37. The van der Waals surface area contributed by atoms with Gasteiger partial charge in [-0.25, -0.2) is 4.99 Å². The number of hydrogen-bond acceptors (Lipinski definition) is 3. The van der Waals surface area contributed by atoms with Crippen LogP contribution in [0.4, 0.5) is 0 Å². The quantitative estimate of drug-likeness (QED) is 0.183. The Hall–Kier alpha value is -4.70. The van der Waals surface area contributed by atoms with Gasteiger partial charge in [0.2, 0.25) is 5.90 Å². The summed E-state index contributed by atoms with van der Waals surface area (Å²) in [4.78, 5) is 10.5. The van der Waals surface area contributed by atoms with Crippen molar-refractivity contribution < 1.29 is 4.74 Å². The molecule has 0 radical (unpaired) electrons. The van der Waals surface area contributed by atoms with E-state index in [0.29, 0.717) is 0 Å². The van der Waals surface area contributed by atoms with Gasteiger partial charge in [0.1, 0.15) is 5.54 Å². The number of nitrogens with zero attached hydrogens (tertiary/aromatic N) is 3. The van der Waals surface area contributed by atoms with Crippen LogP contribution < -0.4 is 0 Å². The van der Waals surface area contributed by atoms with E-state index in [-0.39, 0.29) is 16.2 Å². The molecule has 4 nitrogen and oxygen atoms in total. The highest BCUT2D eigenvalue weighted by molar-refractivity contribution is 6.11. The molecule has 1 aliphatic carbocycles. The molecule has 0 saturated heterocycles. The van der Waals surface area contributed by atoms with Crippen molar-refractivity contribution in [1.29, 1.82) is 0 Å². The second kappa shape index (κ2) is 11.7. The van der Waals surface area contributed by atoms with Crippen LogP contribution in [0.1, 0.15) is 119 Å². The lowest BCUT2D eigenvalue weighted by Gasteiger charge is -2.46. The lowest BCUT2D eigenvalue weighted by atomic mass is 9.65. The topological polar surface area (TPSA) is 39.4 Å². The normalized spacial score (nSPS) is 20.0. The number of hydrogen-bond donors (Lipinski definition) is 0. The molecule has 2 atom stereocenters. The minimum atomic E-state index is -0.591. The molecule has 54 heavy (non-hydrogen) atoms. The van der Waals surface area contributed by atoms with Crippen molar-refractivity contribution in [3.05, 3.63) is 129 Å². The summed E-state index contributed by atoms with van der Waals surface area (Å²) in [5.41, 5.74) is 15.6. The fourth-order valence-corrected chi connectivity index (χ4v) is 9.48. The highest BCUT2D eigenvalue weighted by Gasteiger charge is 2.67. The van der Waals surface area contributed by atoms with E-state index >= 15 is 0 Å². The average Bonchev–Trinajstić information content (AvgIpc) is 3.64. The van der Waals surface area contributed by atoms with Crippen LogP contribution in [-0.4, -0.2) is 21.0 Å². The minimum absolute atomic E-state index is 0.0257. The zero-order valence-corrected chi connectivity index (χ0v) is 35.0. The molecule has 1 aliphatic heterocycles. The van der Waals surface area contributed by atoms with E-state index in [1.54, 1.807) is 0 Å². The number of fused-ring (bicyclic) bond motifs is 6. The van der Waals surface area contributed by atoms with Gasteiger partial charge in [0.05, 0.1) is 16.7 Å². The highest BCUT2D eigenvalue weighted by Crippen LogP contribution is 2.61. The zero-order valence-electron chi connectivity index (χ0n) is 35.0. The van der Waals surface area contributed by atoms with Gasteiger partial charge in [-0.1, -0.05) is 86.1 Å². The van der Waals surface area contributed by atoms with E-state index in [2.05, 4.69) is 174 Å². The fraction of sp³-hybridized carbons (Fsp3) is 0.400. The maximum atomic E-state index is 7.44. The molecule has 6 aromatic rings. The van der Waals surface area contributed by atoms with Gasteiger partial charge in [0.15, 0.2) is 5.60 Å². The van der Waals surface area contributed by atoms with Crippen LogP contribution in [0.2, 0.25) is 0 Å². The molecule has 0 N–H and O–H groups in total. The van der Waals surface area contributed by atoms with Crippen LogP contribution in [0.5, 0.6) is 0 Å². The number of aliphatic imine (C=N–C) groups is 1. The Morgan fingerprint density at radius 2 is 1.35 bits per heavy atom. The number of aryl methyl sites for hydroxylation is 4. The molecule has 4 aromatic carbocycles. The standard InChI is InChI=1S/C50H57N3O/c1-29-15-16-43-39(19-29)40-21-32(4)38(42-26-35(17-18-51-42)46(5,6)7)27-44(40)53(43)37-24-33(23-36(25-37)47(8,9)10)45-52-49(14)28-34-20-30(2)31(3)22-41(34)50(49,54-45)48(11,12)13/h15-27H,28H2,1-14H3/t49-,50-/m1/s1. The Labute approximate surface area is 322 Å². The van der Waals surface area contributed by atoms with Gasteiger partial charge in [0, 0.05) is 51.2 Å². The summed E-state index contributed by atoms with van der Waals surface area (Å²) in [5, 5.41) is 2.50. The summed E-state index contributed by atoms with van der Waals surface area (Å²) in [6, 6.07) is 27.7. The summed E-state index contributed by atoms with van der Waals surface area (Å²) in [6.45, 7) is 31.8. The van der Waals surface area contributed by atoms with E-state index < -0.39 is 11.1 Å². The Morgan fingerprint density at radius 3 is 2.04 bits per heavy atom. The first kappa shape index (κ1) is 36.3. The molecule has 3 heterocycles. The smallest absolute Gasteiger partial charge is 0.217 e. The summed E-state index contributed by atoms with van der Waals surface area (Å²) in [5.74, 6) is 0.736. The summed E-state index contributed by atoms with van der Waals surface area (Å²) >= 11 is 0. The predicted molar refractivity (Wildman–Crippen MR) is 228 cm³/mol. The van der Waals surface area contributed by atoms with Crippen molar-refractivity contribution >= 4 is 27.7 Å². The second-order valence-electron chi connectivity index (χ2n) is 19.7. The fourth-order valence-electron chi connectivity index (χ4n) is 9.48. The van der Waals surface area contributed by atoms with E-state index in [1.165, 1.54) is 66.3 Å². The molecule has 0 amide bonds. The van der Waals surface area contributed by atoms with Crippen LogP contribution in [0, 0.1) is 33.1 Å². The van der Waals surface area contributed by atoms with Gasteiger partial charge in [-0.3, -0.25) is 4.98 Å². The molecule has 2 aromatic heterocycles. The van der Waals surface area contributed by atoms with Crippen LogP contribution in [0.3, 0.4) is 0 Å². The van der Waals surface area contributed by atoms with Gasteiger partial charge in [0.25, 0.3) is 0 Å². The monoisotopic (exact) mass is 715 g/mol. The third-order valence-corrected chi connectivity index (χ3v) is 12.5. The van der Waals surface area contributed by atoms with E-state index in [4.69, 9.17) is 14.7 Å². The number of rotatable bonds is 3. The third-order valence-electron chi connectivity index (χ3n) is 12.5. The van der Waals surface area contributed by atoms with Crippen molar-refractivity contribution in [2.24, 2.45) is 10.4 Å². The summed E-state index contributed by atoms with van der Waals surface area (Å²) in [7, 11) is 0. The summed E-state index contributed by atoms with van der Waals surface area (Å²) in [6.07, 6.45) is 2.82. The van der Waals surface area contributed by atoms with Crippen molar-refractivity contribution in [2.45, 2.75) is 125 Å². The summed E-state index contributed by atoms with van der Waals surface area (Å²) < 4.78 is 9.90. The molecule has 0 saturated carbocycles. The Bertz CT molecular complexity index is 2560. The third kappa shape index (κ3) is 5.38. The number of benzene rings is 4. The van der Waals surface area contributed by atoms with Crippen molar-refractivity contribution in [2.75, 3.05) is 0 Å². The molecule has 8 rings (SSSR count). The lowest BCUT2D eigenvalue weighted by Crippen LogP contribution is -2.52.